The number of carbonyl (C=O) groups is 2. The number of benzene rings is 1. The summed E-state index contributed by atoms with van der Waals surface area (Å²) >= 11 is 0. The zero-order valence-corrected chi connectivity index (χ0v) is 12.2. The van der Waals surface area contributed by atoms with Gasteiger partial charge in [-0.05, 0) is 19.1 Å². The zero-order valence-electron chi connectivity index (χ0n) is 11.4. The summed E-state index contributed by atoms with van der Waals surface area (Å²) in [5.74, 6) is -2.49. The highest BCUT2D eigenvalue weighted by molar-refractivity contribution is 7.86. The van der Waals surface area contributed by atoms with E-state index in [4.69, 9.17) is 5.11 Å². The second kappa shape index (κ2) is 7.27. The summed E-state index contributed by atoms with van der Waals surface area (Å²) in [5, 5.41) is 8.78. The number of rotatable bonds is 8. The molecule has 1 atom stereocenters. The van der Waals surface area contributed by atoms with Crippen molar-refractivity contribution < 1.29 is 32.1 Å². The fourth-order valence-corrected chi connectivity index (χ4v) is 2.24. The molecule has 2 N–H and O–H groups in total. The van der Waals surface area contributed by atoms with E-state index in [9.17, 15) is 18.0 Å². The lowest BCUT2D eigenvalue weighted by molar-refractivity contribution is -0.148. The van der Waals surface area contributed by atoms with Crippen LogP contribution in [0.2, 0.25) is 0 Å². The first-order valence-corrected chi connectivity index (χ1v) is 7.19. The predicted molar refractivity (Wildman–Crippen MR) is 70.9 cm³/mol. The van der Waals surface area contributed by atoms with E-state index < -0.39 is 34.5 Å². The van der Waals surface area contributed by atoms with Gasteiger partial charge in [0.2, 0.25) is 0 Å². The normalized spacial score (nSPS) is 12.9. The summed E-state index contributed by atoms with van der Waals surface area (Å²) < 4.78 is 28.2. The van der Waals surface area contributed by atoms with Gasteiger partial charge in [0.15, 0.2) is 11.8 Å². The lowest BCUT2D eigenvalue weighted by atomic mass is 10.2. The Morgan fingerprint density at radius 2 is 1.86 bits per heavy atom. The molecule has 116 valence electrons. The van der Waals surface area contributed by atoms with Crippen molar-refractivity contribution >= 4 is 21.9 Å². The molecule has 1 unspecified atom stereocenters. The maximum absolute atomic E-state index is 11.8. The van der Waals surface area contributed by atoms with Crippen molar-refractivity contribution in [2.75, 3.05) is 13.7 Å². The Hall–Kier alpha value is -1.81. The van der Waals surface area contributed by atoms with Crippen molar-refractivity contribution in [1.29, 1.82) is 0 Å². The number of carboxylic acids is 1. The minimum Gasteiger partial charge on any atom is -0.480 e. The molecule has 0 saturated heterocycles. The van der Waals surface area contributed by atoms with E-state index in [2.05, 4.69) is 9.02 Å². The van der Waals surface area contributed by atoms with Crippen molar-refractivity contribution in [3.8, 4) is 0 Å². The van der Waals surface area contributed by atoms with Gasteiger partial charge in [-0.2, -0.15) is 13.9 Å². The molecule has 0 bridgehead atoms. The predicted octanol–water partition coefficient (Wildman–Crippen LogP) is -0.126. The SMILES string of the molecule is CONC(C(=O)O)C(=O)COS(=O)(=O)c1ccc(C)cc1. The van der Waals surface area contributed by atoms with Crippen LogP contribution in [0.3, 0.4) is 0 Å². The summed E-state index contributed by atoms with van der Waals surface area (Å²) in [6, 6.07) is 4.10. The average Bonchev–Trinajstić information content (AvgIpc) is 2.42. The van der Waals surface area contributed by atoms with Crippen LogP contribution in [0, 0.1) is 6.92 Å². The number of aliphatic carboxylic acids is 1. The van der Waals surface area contributed by atoms with Gasteiger partial charge in [-0.15, -0.1) is 0 Å². The van der Waals surface area contributed by atoms with Gasteiger partial charge in [0.25, 0.3) is 10.1 Å². The second-order valence-corrected chi connectivity index (χ2v) is 5.70. The van der Waals surface area contributed by atoms with Gasteiger partial charge < -0.3 is 9.94 Å². The summed E-state index contributed by atoms with van der Waals surface area (Å²) in [4.78, 5) is 26.6. The van der Waals surface area contributed by atoms with Crippen LogP contribution in [0.1, 0.15) is 5.56 Å². The molecule has 0 saturated carbocycles. The molecule has 8 nitrogen and oxygen atoms in total. The number of aryl methyl sites for hydroxylation is 1. The molecule has 1 aromatic rings. The minimum atomic E-state index is -4.13. The molecule has 0 heterocycles. The van der Waals surface area contributed by atoms with Crippen LogP contribution in [0.4, 0.5) is 0 Å². The van der Waals surface area contributed by atoms with Crippen molar-refractivity contribution in [2.24, 2.45) is 0 Å². The van der Waals surface area contributed by atoms with Crippen LogP contribution in [0.15, 0.2) is 29.2 Å². The van der Waals surface area contributed by atoms with Gasteiger partial charge in [0.1, 0.15) is 6.61 Å². The summed E-state index contributed by atoms with van der Waals surface area (Å²) in [6.07, 6.45) is 0. The van der Waals surface area contributed by atoms with E-state index in [0.717, 1.165) is 12.7 Å². The number of nitrogens with one attached hydrogen (secondary N) is 1. The Balaban J connectivity index is 2.75. The third-order valence-electron chi connectivity index (χ3n) is 2.47. The minimum absolute atomic E-state index is 0.118. The smallest absolute Gasteiger partial charge is 0.330 e. The van der Waals surface area contributed by atoms with Gasteiger partial charge in [0.05, 0.1) is 12.0 Å². The maximum Gasteiger partial charge on any atom is 0.330 e. The fourth-order valence-electron chi connectivity index (χ4n) is 1.36. The third-order valence-corrected chi connectivity index (χ3v) is 3.75. The highest BCUT2D eigenvalue weighted by Gasteiger charge is 2.28. The Morgan fingerprint density at radius 3 is 2.33 bits per heavy atom. The van der Waals surface area contributed by atoms with Crippen LogP contribution >= 0.6 is 0 Å². The van der Waals surface area contributed by atoms with Crippen molar-refractivity contribution in [1.82, 2.24) is 5.48 Å². The summed E-state index contributed by atoms with van der Waals surface area (Å²) in [7, 11) is -3.00. The molecule has 1 rings (SSSR count). The first kappa shape index (κ1) is 17.2. The molecular formula is C12H15NO7S. The number of carbonyl (C=O) groups excluding carboxylic acids is 1. The Kier molecular flexibility index (Phi) is 5.97. The van der Waals surface area contributed by atoms with Gasteiger partial charge in [-0.1, -0.05) is 17.7 Å². The lowest BCUT2D eigenvalue weighted by Crippen LogP contribution is -2.44. The molecular weight excluding hydrogens is 302 g/mol. The number of Topliss-reactive ketones (excluding diaryl/α,β-unsaturated/α-hetero) is 1. The average molecular weight is 317 g/mol. The quantitative estimate of drug-likeness (QED) is 0.387. The van der Waals surface area contributed by atoms with Crippen molar-refractivity contribution in [2.45, 2.75) is 17.9 Å². The van der Waals surface area contributed by atoms with Gasteiger partial charge in [-0.25, -0.2) is 4.79 Å². The Bertz CT molecular complexity index is 609. The number of hydrogen-bond donors (Lipinski definition) is 2. The highest BCUT2D eigenvalue weighted by Crippen LogP contribution is 2.13. The van der Waals surface area contributed by atoms with E-state index in [0.29, 0.717) is 0 Å². The molecule has 0 radical (unpaired) electrons. The molecule has 9 heteroatoms. The van der Waals surface area contributed by atoms with Gasteiger partial charge in [-0.3, -0.25) is 8.98 Å². The van der Waals surface area contributed by atoms with E-state index in [1.54, 1.807) is 19.1 Å². The van der Waals surface area contributed by atoms with Crippen LogP contribution in [-0.4, -0.2) is 45.0 Å². The third kappa shape index (κ3) is 4.90. The topological polar surface area (TPSA) is 119 Å². The molecule has 0 aliphatic heterocycles. The van der Waals surface area contributed by atoms with E-state index in [-0.39, 0.29) is 4.90 Å². The number of carboxylic acid groups (broad SMARTS) is 1. The maximum atomic E-state index is 11.8. The van der Waals surface area contributed by atoms with Crippen LogP contribution in [0.5, 0.6) is 0 Å². The van der Waals surface area contributed by atoms with E-state index >= 15 is 0 Å². The Morgan fingerprint density at radius 1 is 1.29 bits per heavy atom. The monoisotopic (exact) mass is 317 g/mol. The molecule has 0 aromatic heterocycles. The second-order valence-electron chi connectivity index (χ2n) is 4.09. The molecule has 0 aliphatic rings. The molecule has 0 spiro atoms. The molecule has 0 amide bonds. The van der Waals surface area contributed by atoms with Crippen LogP contribution < -0.4 is 5.48 Å². The lowest BCUT2D eigenvalue weighted by Gasteiger charge is -2.11. The summed E-state index contributed by atoms with van der Waals surface area (Å²) in [6.45, 7) is 0.873. The first-order valence-electron chi connectivity index (χ1n) is 5.78. The van der Waals surface area contributed by atoms with Gasteiger partial charge >= 0.3 is 5.97 Å². The van der Waals surface area contributed by atoms with E-state index in [1.165, 1.54) is 12.1 Å². The largest absolute Gasteiger partial charge is 0.480 e. The van der Waals surface area contributed by atoms with E-state index in [1.807, 2.05) is 5.48 Å². The number of hydroxylamine groups is 1. The zero-order chi connectivity index (χ0) is 16.0. The number of hydrogen-bond acceptors (Lipinski definition) is 7. The van der Waals surface area contributed by atoms with Crippen molar-refractivity contribution in [3.63, 3.8) is 0 Å². The molecule has 0 fully saturated rings. The fraction of sp³-hybridized carbons (Fsp3) is 0.333. The van der Waals surface area contributed by atoms with Crippen LogP contribution in [0.25, 0.3) is 0 Å². The number of ketones is 1. The molecule has 21 heavy (non-hydrogen) atoms. The van der Waals surface area contributed by atoms with Gasteiger partial charge in [0, 0.05) is 0 Å². The standard InChI is InChI=1S/C12H15NO7S/c1-8-3-5-9(6-4-8)21(17,18)20-7-10(14)11(12(15)16)13-19-2/h3-6,11,13H,7H2,1-2H3,(H,15,16). The van der Waals surface area contributed by atoms with Crippen LogP contribution in [-0.2, 0) is 28.7 Å². The van der Waals surface area contributed by atoms with Crippen molar-refractivity contribution in [3.05, 3.63) is 29.8 Å². The Labute approximate surface area is 121 Å². The molecule has 0 aliphatic carbocycles. The summed E-state index contributed by atoms with van der Waals surface area (Å²) in [5.41, 5.74) is 2.80. The first-order chi connectivity index (χ1) is 9.77. The highest BCUT2D eigenvalue weighted by atomic mass is 32.2. The molecule has 1 aromatic carbocycles.